The van der Waals surface area contributed by atoms with Crippen LogP contribution in [0.1, 0.15) is 24.5 Å². The summed E-state index contributed by atoms with van der Waals surface area (Å²) in [7, 11) is 0. The molecule has 0 unspecified atom stereocenters. The van der Waals surface area contributed by atoms with E-state index < -0.39 is 0 Å². The van der Waals surface area contributed by atoms with Crippen molar-refractivity contribution in [2.75, 3.05) is 13.2 Å². The monoisotopic (exact) mass is 191 g/mol. The minimum absolute atomic E-state index is 0.285. The lowest BCUT2D eigenvalue weighted by Crippen LogP contribution is -2.46. The highest BCUT2D eigenvalue weighted by Gasteiger charge is 2.38. The molecule has 76 valence electrons. The SMILES string of the molecule is CCC1(c2ccc(CN)cc2)COC1. The number of ether oxygens (including phenoxy) is 1. The van der Waals surface area contributed by atoms with Gasteiger partial charge in [0, 0.05) is 12.0 Å². The Kier molecular flexibility index (Phi) is 2.57. The Bertz CT molecular complexity index is 295. The molecule has 1 aromatic carbocycles. The quantitative estimate of drug-likeness (QED) is 0.791. The zero-order valence-corrected chi connectivity index (χ0v) is 8.62. The van der Waals surface area contributed by atoms with Crippen LogP contribution >= 0.6 is 0 Å². The summed E-state index contributed by atoms with van der Waals surface area (Å²) in [5, 5.41) is 0. The van der Waals surface area contributed by atoms with Crippen LogP contribution in [0.15, 0.2) is 24.3 Å². The van der Waals surface area contributed by atoms with Crippen LogP contribution in [0.2, 0.25) is 0 Å². The van der Waals surface area contributed by atoms with E-state index in [-0.39, 0.29) is 5.41 Å². The van der Waals surface area contributed by atoms with Gasteiger partial charge in [-0.25, -0.2) is 0 Å². The summed E-state index contributed by atoms with van der Waals surface area (Å²) in [5.41, 5.74) is 8.43. The van der Waals surface area contributed by atoms with Crippen LogP contribution in [-0.2, 0) is 16.7 Å². The van der Waals surface area contributed by atoms with Gasteiger partial charge in [-0.3, -0.25) is 0 Å². The Morgan fingerprint density at radius 2 is 1.93 bits per heavy atom. The fraction of sp³-hybridized carbons (Fsp3) is 0.500. The van der Waals surface area contributed by atoms with E-state index in [9.17, 15) is 0 Å². The first-order valence-corrected chi connectivity index (χ1v) is 5.18. The summed E-state index contributed by atoms with van der Waals surface area (Å²) in [6.07, 6.45) is 1.15. The summed E-state index contributed by atoms with van der Waals surface area (Å²) < 4.78 is 5.32. The first-order valence-electron chi connectivity index (χ1n) is 5.18. The zero-order chi connectivity index (χ0) is 10.0. The number of nitrogens with two attached hydrogens (primary N) is 1. The van der Waals surface area contributed by atoms with Crippen molar-refractivity contribution >= 4 is 0 Å². The smallest absolute Gasteiger partial charge is 0.0585 e. The van der Waals surface area contributed by atoms with E-state index >= 15 is 0 Å². The third-order valence-corrected chi connectivity index (χ3v) is 3.24. The molecule has 1 heterocycles. The van der Waals surface area contributed by atoms with Crippen molar-refractivity contribution in [3.8, 4) is 0 Å². The summed E-state index contributed by atoms with van der Waals surface area (Å²) in [5.74, 6) is 0. The predicted molar refractivity (Wildman–Crippen MR) is 57.1 cm³/mol. The van der Waals surface area contributed by atoms with Crippen molar-refractivity contribution in [2.24, 2.45) is 5.73 Å². The van der Waals surface area contributed by atoms with Gasteiger partial charge in [-0.15, -0.1) is 0 Å². The maximum atomic E-state index is 5.56. The Morgan fingerprint density at radius 3 is 2.29 bits per heavy atom. The molecule has 0 spiro atoms. The molecule has 0 atom stereocenters. The molecule has 1 aromatic rings. The van der Waals surface area contributed by atoms with Gasteiger partial charge >= 0.3 is 0 Å². The Balaban J connectivity index is 2.23. The van der Waals surface area contributed by atoms with Gasteiger partial charge in [0.25, 0.3) is 0 Å². The molecular formula is C12H17NO. The van der Waals surface area contributed by atoms with Crippen LogP contribution in [0, 0.1) is 0 Å². The van der Waals surface area contributed by atoms with Crippen LogP contribution in [-0.4, -0.2) is 13.2 Å². The second kappa shape index (κ2) is 3.71. The number of hydrogen-bond donors (Lipinski definition) is 1. The minimum atomic E-state index is 0.285. The molecule has 1 fully saturated rings. The van der Waals surface area contributed by atoms with Crippen LogP contribution in [0.4, 0.5) is 0 Å². The van der Waals surface area contributed by atoms with E-state index in [1.165, 1.54) is 11.1 Å². The van der Waals surface area contributed by atoms with E-state index in [1.54, 1.807) is 0 Å². The van der Waals surface area contributed by atoms with E-state index in [0.29, 0.717) is 6.54 Å². The fourth-order valence-corrected chi connectivity index (χ4v) is 1.92. The average molecular weight is 191 g/mol. The number of benzene rings is 1. The molecule has 0 aliphatic carbocycles. The first kappa shape index (κ1) is 9.69. The topological polar surface area (TPSA) is 35.2 Å². The maximum Gasteiger partial charge on any atom is 0.0585 e. The van der Waals surface area contributed by atoms with E-state index in [2.05, 4.69) is 31.2 Å². The summed E-state index contributed by atoms with van der Waals surface area (Å²) in [4.78, 5) is 0. The molecule has 0 amide bonds. The molecule has 0 saturated carbocycles. The molecule has 1 aliphatic rings. The van der Waals surface area contributed by atoms with Crippen LogP contribution in [0.5, 0.6) is 0 Å². The van der Waals surface area contributed by atoms with Crippen molar-refractivity contribution in [1.29, 1.82) is 0 Å². The van der Waals surface area contributed by atoms with Gasteiger partial charge in [0.1, 0.15) is 0 Å². The van der Waals surface area contributed by atoms with Gasteiger partial charge in [-0.05, 0) is 17.5 Å². The molecule has 2 heteroatoms. The maximum absolute atomic E-state index is 5.56. The second-order valence-electron chi connectivity index (χ2n) is 4.03. The highest BCUT2D eigenvalue weighted by atomic mass is 16.5. The average Bonchev–Trinajstić information content (AvgIpc) is 2.18. The lowest BCUT2D eigenvalue weighted by atomic mass is 9.76. The minimum Gasteiger partial charge on any atom is -0.379 e. The number of hydrogen-bond acceptors (Lipinski definition) is 2. The standard InChI is InChI=1S/C12H17NO/c1-2-12(8-14-9-12)11-5-3-10(7-13)4-6-11/h3-6H,2,7-9,13H2,1H3. The Labute approximate surface area is 85.1 Å². The molecule has 2 N–H and O–H groups in total. The third-order valence-electron chi connectivity index (χ3n) is 3.24. The van der Waals surface area contributed by atoms with Crippen LogP contribution < -0.4 is 5.73 Å². The summed E-state index contributed by atoms with van der Waals surface area (Å²) in [6, 6.07) is 8.61. The Morgan fingerprint density at radius 1 is 1.29 bits per heavy atom. The van der Waals surface area contributed by atoms with Gasteiger partial charge in [-0.1, -0.05) is 31.2 Å². The Hall–Kier alpha value is -0.860. The van der Waals surface area contributed by atoms with Gasteiger partial charge < -0.3 is 10.5 Å². The van der Waals surface area contributed by atoms with Crippen molar-refractivity contribution < 1.29 is 4.74 Å². The highest BCUT2D eigenvalue weighted by Crippen LogP contribution is 2.35. The lowest BCUT2D eigenvalue weighted by Gasteiger charge is -2.41. The van der Waals surface area contributed by atoms with Gasteiger partial charge in [0.15, 0.2) is 0 Å². The highest BCUT2D eigenvalue weighted by molar-refractivity contribution is 5.31. The van der Waals surface area contributed by atoms with E-state index in [1.807, 2.05) is 0 Å². The molecule has 0 aromatic heterocycles. The molecule has 1 saturated heterocycles. The summed E-state index contributed by atoms with van der Waals surface area (Å²) in [6.45, 7) is 4.58. The molecule has 1 aliphatic heterocycles. The van der Waals surface area contributed by atoms with Crippen molar-refractivity contribution in [1.82, 2.24) is 0 Å². The lowest BCUT2D eigenvalue weighted by molar-refractivity contribution is -0.0620. The van der Waals surface area contributed by atoms with Crippen molar-refractivity contribution in [2.45, 2.75) is 25.3 Å². The summed E-state index contributed by atoms with van der Waals surface area (Å²) >= 11 is 0. The van der Waals surface area contributed by atoms with Gasteiger partial charge in [0.05, 0.1) is 13.2 Å². The molecule has 0 bridgehead atoms. The molecule has 2 rings (SSSR count). The number of rotatable bonds is 3. The van der Waals surface area contributed by atoms with Crippen LogP contribution in [0.25, 0.3) is 0 Å². The molecule has 0 radical (unpaired) electrons. The zero-order valence-electron chi connectivity index (χ0n) is 8.62. The molecule has 14 heavy (non-hydrogen) atoms. The van der Waals surface area contributed by atoms with Crippen molar-refractivity contribution in [3.63, 3.8) is 0 Å². The third kappa shape index (κ3) is 1.45. The van der Waals surface area contributed by atoms with E-state index in [0.717, 1.165) is 19.6 Å². The second-order valence-corrected chi connectivity index (χ2v) is 4.03. The van der Waals surface area contributed by atoms with E-state index in [4.69, 9.17) is 10.5 Å². The fourth-order valence-electron chi connectivity index (χ4n) is 1.92. The molecule has 2 nitrogen and oxygen atoms in total. The van der Waals surface area contributed by atoms with Crippen molar-refractivity contribution in [3.05, 3.63) is 35.4 Å². The normalized spacial score (nSPS) is 19.0. The van der Waals surface area contributed by atoms with Gasteiger partial charge in [0.2, 0.25) is 0 Å². The van der Waals surface area contributed by atoms with Crippen LogP contribution in [0.3, 0.4) is 0 Å². The molecular weight excluding hydrogens is 174 g/mol. The van der Waals surface area contributed by atoms with Gasteiger partial charge in [-0.2, -0.15) is 0 Å². The first-order chi connectivity index (χ1) is 6.80. The largest absolute Gasteiger partial charge is 0.379 e. The predicted octanol–water partition coefficient (Wildman–Crippen LogP) is 1.82.